The minimum atomic E-state index is 0.0949. The van der Waals surface area contributed by atoms with E-state index in [1.807, 2.05) is 32.6 Å². The molecule has 0 aromatic rings. The number of nitrogens with zero attached hydrogens (tertiary/aromatic N) is 1. The first-order chi connectivity index (χ1) is 6.00. The van der Waals surface area contributed by atoms with Crippen LogP contribution in [0.15, 0.2) is 0 Å². The van der Waals surface area contributed by atoms with Crippen LogP contribution in [-0.2, 0) is 9.53 Å². The lowest BCUT2D eigenvalue weighted by molar-refractivity contribution is -0.146. The van der Waals surface area contributed by atoms with Gasteiger partial charge < -0.3 is 9.64 Å². The number of carbonyl (C=O) groups excluding carboxylic acids is 1. The first-order valence-corrected chi connectivity index (χ1v) is 4.95. The second-order valence-corrected chi connectivity index (χ2v) is 4.16. The van der Waals surface area contributed by atoms with Crippen LogP contribution in [0.2, 0.25) is 0 Å². The summed E-state index contributed by atoms with van der Waals surface area (Å²) in [5.41, 5.74) is 0. The zero-order valence-electron chi connectivity index (χ0n) is 8.91. The van der Waals surface area contributed by atoms with Crippen LogP contribution in [0.5, 0.6) is 0 Å². The van der Waals surface area contributed by atoms with E-state index < -0.39 is 0 Å². The average molecular weight is 185 g/mol. The fourth-order valence-electron chi connectivity index (χ4n) is 1.72. The number of ether oxygens (including phenoxy) is 1. The average Bonchev–Trinajstić information content (AvgIpc) is 2.01. The summed E-state index contributed by atoms with van der Waals surface area (Å²) in [5, 5.41) is 0. The molecule has 0 unspecified atom stereocenters. The van der Waals surface area contributed by atoms with Crippen LogP contribution in [0.4, 0.5) is 0 Å². The van der Waals surface area contributed by atoms with Crippen LogP contribution in [0.1, 0.15) is 27.7 Å². The number of carbonyl (C=O) groups is 1. The third kappa shape index (κ3) is 2.69. The summed E-state index contributed by atoms with van der Waals surface area (Å²) >= 11 is 0. The molecule has 0 aliphatic carbocycles. The Morgan fingerprint density at radius 1 is 1.31 bits per heavy atom. The molecule has 1 fully saturated rings. The van der Waals surface area contributed by atoms with E-state index in [1.165, 1.54) is 0 Å². The van der Waals surface area contributed by atoms with Gasteiger partial charge in [0.1, 0.15) is 0 Å². The highest BCUT2D eigenvalue weighted by atomic mass is 16.5. The number of hydrogen-bond donors (Lipinski definition) is 0. The molecule has 1 rings (SSSR count). The van der Waals surface area contributed by atoms with Crippen LogP contribution < -0.4 is 0 Å². The lowest BCUT2D eigenvalue weighted by Gasteiger charge is -2.36. The molecule has 0 radical (unpaired) electrons. The van der Waals surface area contributed by atoms with Crippen molar-refractivity contribution in [3.8, 4) is 0 Å². The van der Waals surface area contributed by atoms with E-state index in [2.05, 4.69) is 0 Å². The second kappa shape index (κ2) is 4.09. The molecule has 1 heterocycles. The Labute approximate surface area is 80.1 Å². The molecule has 3 nitrogen and oxygen atoms in total. The summed E-state index contributed by atoms with van der Waals surface area (Å²) < 4.78 is 5.55. The Hall–Kier alpha value is -0.570. The predicted molar refractivity (Wildman–Crippen MR) is 51.4 cm³/mol. The van der Waals surface area contributed by atoms with Crippen LogP contribution in [0.3, 0.4) is 0 Å². The van der Waals surface area contributed by atoms with Gasteiger partial charge in [-0.15, -0.1) is 0 Å². The SMILES string of the molecule is CC(C)C(=O)N1C[C@H](C)O[C@@H](C)C1. The zero-order valence-corrected chi connectivity index (χ0v) is 8.91. The van der Waals surface area contributed by atoms with Gasteiger partial charge in [0.05, 0.1) is 12.2 Å². The molecule has 13 heavy (non-hydrogen) atoms. The van der Waals surface area contributed by atoms with Gasteiger partial charge >= 0.3 is 0 Å². The summed E-state index contributed by atoms with van der Waals surface area (Å²) in [7, 11) is 0. The molecule has 0 saturated carbocycles. The highest BCUT2D eigenvalue weighted by Gasteiger charge is 2.26. The van der Waals surface area contributed by atoms with Crippen LogP contribution in [0.25, 0.3) is 0 Å². The fraction of sp³-hybridized carbons (Fsp3) is 0.900. The van der Waals surface area contributed by atoms with Crippen molar-refractivity contribution in [1.82, 2.24) is 4.90 Å². The van der Waals surface area contributed by atoms with Gasteiger partial charge in [0.2, 0.25) is 5.91 Å². The Kier molecular flexibility index (Phi) is 3.31. The number of hydrogen-bond acceptors (Lipinski definition) is 2. The number of amides is 1. The smallest absolute Gasteiger partial charge is 0.225 e. The van der Waals surface area contributed by atoms with Crippen molar-refractivity contribution in [3.05, 3.63) is 0 Å². The quantitative estimate of drug-likeness (QED) is 0.616. The highest BCUT2D eigenvalue weighted by molar-refractivity contribution is 5.78. The normalized spacial score (nSPS) is 29.5. The largest absolute Gasteiger partial charge is 0.372 e. The van der Waals surface area contributed by atoms with Crippen molar-refractivity contribution in [2.75, 3.05) is 13.1 Å². The van der Waals surface area contributed by atoms with Crippen molar-refractivity contribution >= 4 is 5.91 Å². The molecule has 3 heteroatoms. The van der Waals surface area contributed by atoms with Gasteiger partial charge in [-0.25, -0.2) is 0 Å². The van der Waals surface area contributed by atoms with Crippen molar-refractivity contribution in [3.63, 3.8) is 0 Å². The molecule has 0 aromatic heterocycles. The summed E-state index contributed by atoms with van der Waals surface area (Å²) in [4.78, 5) is 13.6. The molecule has 0 aromatic carbocycles. The minimum Gasteiger partial charge on any atom is -0.372 e. The molecule has 0 N–H and O–H groups in total. The Balaban J connectivity index is 2.55. The van der Waals surface area contributed by atoms with Crippen molar-refractivity contribution in [2.45, 2.75) is 39.9 Å². The summed E-state index contributed by atoms with van der Waals surface area (Å²) in [6, 6.07) is 0. The van der Waals surface area contributed by atoms with Gasteiger partial charge in [-0.1, -0.05) is 13.8 Å². The molecular weight excluding hydrogens is 166 g/mol. The van der Waals surface area contributed by atoms with Gasteiger partial charge in [0.15, 0.2) is 0 Å². The van der Waals surface area contributed by atoms with E-state index in [4.69, 9.17) is 4.74 Å². The molecule has 0 spiro atoms. The Morgan fingerprint density at radius 2 is 1.77 bits per heavy atom. The molecule has 0 bridgehead atoms. The van der Waals surface area contributed by atoms with Crippen LogP contribution in [-0.4, -0.2) is 36.1 Å². The van der Waals surface area contributed by atoms with Crippen molar-refractivity contribution in [1.29, 1.82) is 0 Å². The van der Waals surface area contributed by atoms with Gasteiger partial charge in [-0.05, 0) is 13.8 Å². The first-order valence-electron chi connectivity index (χ1n) is 4.95. The standard InChI is InChI=1S/C10H19NO2/c1-7(2)10(12)11-5-8(3)13-9(4)6-11/h7-9H,5-6H2,1-4H3/t8-,9-/m0/s1. The maximum absolute atomic E-state index is 11.7. The van der Waals surface area contributed by atoms with Crippen LogP contribution >= 0.6 is 0 Å². The second-order valence-electron chi connectivity index (χ2n) is 4.16. The molecule has 1 aliphatic rings. The van der Waals surface area contributed by atoms with Gasteiger partial charge in [-0.3, -0.25) is 4.79 Å². The molecule has 2 atom stereocenters. The minimum absolute atomic E-state index is 0.0949. The van der Waals surface area contributed by atoms with E-state index in [9.17, 15) is 4.79 Å². The third-order valence-corrected chi connectivity index (χ3v) is 2.23. The molecule has 1 saturated heterocycles. The van der Waals surface area contributed by atoms with Gasteiger partial charge in [0, 0.05) is 19.0 Å². The van der Waals surface area contributed by atoms with E-state index in [0.29, 0.717) is 0 Å². The molecule has 1 amide bonds. The fourth-order valence-corrected chi connectivity index (χ4v) is 1.72. The zero-order chi connectivity index (χ0) is 10.0. The number of rotatable bonds is 1. The maximum Gasteiger partial charge on any atom is 0.225 e. The van der Waals surface area contributed by atoms with Crippen LogP contribution in [0, 0.1) is 5.92 Å². The third-order valence-electron chi connectivity index (χ3n) is 2.23. The predicted octanol–water partition coefficient (Wildman–Crippen LogP) is 1.28. The van der Waals surface area contributed by atoms with E-state index in [-0.39, 0.29) is 24.0 Å². The van der Waals surface area contributed by atoms with E-state index in [0.717, 1.165) is 13.1 Å². The molecule has 1 aliphatic heterocycles. The Morgan fingerprint density at radius 3 is 2.15 bits per heavy atom. The summed E-state index contributed by atoms with van der Waals surface area (Å²) in [6.07, 6.45) is 0.345. The van der Waals surface area contributed by atoms with Crippen molar-refractivity contribution in [2.24, 2.45) is 5.92 Å². The first kappa shape index (κ1) is 10.5. The monoisotopic (exact) mass is 185 g/mol. The lowest BCUT2D eigenvalue weighted by Crippen LogP contribution is -2.49. The van der Waals surface area contributed by atoms with E-state index in [1.54, 1.807) is 0 Å². The maximum atomic E-state index is 11.7. The molecule has 76 valence electrons. The lowest BCUT2D eigenvalue weighted by atomic mass is 10.1. The highest BCUT2D eigenvalue weighted by Crippen LogP contribution is 2.13. The topological polar surface area (TPSA) is 29.5 Å². The Bertz CT molecular complexity index is 181. The molecular formula is C10H19NO2. The van der Waals surface area contributed by atoms with Crippen molar-refractivity contribution < 1.29 is 9.53 Å². The number of morpholine rings is 1. The summed E-state index contributed by atoms with van der Waals surface area (Å²) in [6.45, 7) is 9.37. The summed E-state index contributed by atoms with van der Waals surface area (Å²) in [5.74, 6) is 0.333. The van der Waals surface area contributed by atoms with E-state index >= 15 is 0 Å². The van der Waals surface area contributed by atoms with Gasteiger partial charge in [-0.2, -0.15) is 0 Å². The van der Waals surface area contributed by atoms with Gasteiger partial charge in [0.25, 0.3) is 0 Å².